The molecule has 0 spiro atoms. The van der Waals surface area contributed by atoms with E-state index in [2.05, 4.69) is 148 Å². The summed E-state index contributed by atoms with van der Waals surface area (Å²) >= 11 is 0. The Balaban J connectivity index is 1.27. The van der Waals surface area contributed by atoms with E-state index < -0.39 is 0 Å². The van der Waals surface area contributed by atoms with Crippen LogP contribution in [0.3, 0.4) is 0 Å². The molecule has 53 heavy (non-hydrogen) atoms. The summed E-state index contributed by atoms with van der Waals surface area (Å²) in [6.45, 7) is 0. The van der Waals surface area contributed by atoms with Gasteiger partial charge in [-0.25, -0.2) is 9.97 Å². The van der Waals surface area contributed by atoms with Crippen molar-refractivity contribution in [1.82, 2.24) is 18.9 Å². The highest BCUT2D eigenvalue weighted by Crippen LogP contribution is 2.48. The molecule has 5 aromatic heterocycles. The Hall–Kier alpha value is -7.24. The van der Waals surface area contributed by atoms with Gasteiger partial charge in [0.15, 0.2) is 5.58 Å². The first kappa shape index (κ1) is 27.5. The molecule has 13 rings (SSSR count). The van der Waals surface area contributed by atoms with Gasteiger partial charge in [-0.1, -0.05) is 115 Å². The molecule has 0 fully saturated rings. The number of aromatic nitrogens is 4. The number of fused-ring (bicyclic) bond motifs is 16. The molecule has 0 amide bonds. The monoisotopic (exact) mass is 674 g/mol. The summed E-state index contributed by atoms with van der Waals surface area (Å²) in [5, 5.41) is 13.1. The largest absolute Gasteiger partial charge is 0.452 e. The van der Waals surface area contributed by atoms with Gasteiger partial charge < -0.3 is 8.82 Å². The van der Waals surface area contributed by atoms with Gasteiger partial charge in [-0.3, -0.25) is 4.57 Å². The van der Waals surface area contributed by atoms with Crippen LogP contribution in [0, 0.1) is 0 Å². The predicted octanol–water partition coefficient (Wildman–Crippen LogP) is 12.6. The van der Waals surface area contributed by atoms with Gasteiger partial charge >= 0.3 is 0 Å². The molecule has 0 aliphatic heterocycles. The van der Waals surface area contributed by atoms with Crippen LogP contribution in [0.4, 0.5) is 0 Å². The minimum absolute atomic E-state index is 0.616. The lowest BCUT2D eigenvalue weighted by atomic mass is 10.00. The Morgan fingerprint density at radius 3 is 1.96 bits per heavy atom. The second-order valence-electron chi connectivity index (χ2n) is 14.1. The van der Waals surface area contributed by atoms with E-state index in [-0.39, 0.29) is 0 Å². The van der Waals surface area contributed by atoms with Crippen LogP contribution in [0.5, 0.6) is 0 Å². The molecule has 0 aliphatic carbocycles. The van der Waals surface area contributed by atoms with Gasteiger partial charge in [0.05, 0.1) is 27.6 Å². The standard InChI is InChI=1S/C48H26N4O/c1-2-13-29-25-30(22-21-27(29)11-1)43-47-44(34-17-7-10-20-40(34)53-47)50-48(49-43)52-38-19-9-6-16-33(38)36-26-35-32-15-5-8-18-37(32)51-39-24-23-28-12-3-4-14-31(28)41(39)42(45(35)51)46(36)52/h1-26H. The topological polar surface area (TPSA) is 48.3 Å². The summed E-state index contributed by atoms with van der Waals surface area (Å²) in [5.74, 6) is 0.616. The lowest BCUT2D eigenvalue weighted by molar-refractivity contribution is 0.666. The summed E-state index contributed by atoms with van der Waals surface area (Å²) < 4.78 is 11.4. The van der Waals surface area contributed by atoms with Crippen molar-refractivity contribution in [2.75, 3.05) is 0 Å². The fourth-order valence-corrected chi connectivity index (χ4v) is 9.19. The number of nitrogens with zero attached hydrogens (tertiary/aromatic N) is 4. The summed E-state index contributed by atoms with van der Waals surface area (Å²) in [6.07, 6.45) is 0. The van der Waals surface area contributed by atoms with E-state index in [0.717, 1.165) is 44.2 Å². The number of furan rings is 1. The molecule has 0 aliphatic rings. The minimum atomic E-state index is 0.616. The smallest absolute Gasteiger partial charge is 0.236 e. The third-order valence-electron chi connectivity index (χ3n) is 11.4. The molecule has 0 bridgehead atoms. The maximum absolute atomic E-state index is 6.60. The van der Waals surface area contributed by atoms with Gasteiger partial charge in [0.1, 0.15) is 16.8 Å². The third kappa shape index (κ3) is 3.46. The van der Waals surface area contributed by atoms with Gasteiger partial charge in [0, 0.05) is 43.3 Å². The second kappa shape index (κ2) is 9.75. The van der Waals surface area contributed by atoms with E-state index in [1.54, 1.807) is 0 Å². The van der Waals surface area contributed by atoms with Crippen LogP contribution in [0.15, 0.2) is 162 Å². The van der Waals surface area contributed by atoms with Crippen molar-refractivity contribution in [3.63, 3.8) is 0 Å². The summed E-state index contributed by atoms with van der Waals surface area (Å²) in [5.41, 5.74) is 9.84. The van der Waals surface area contributed by atoms with Crippen LogP contribution in [-0.4, -0.2) is 18.9 Å². The molecule has 5 heteroatoms. The van der Waals surface area contributed by atoms with Gasteiger partial charge in [0.25, 0.3) is 0 Å². The van der Waals surface area contributed by atoms with Gasteiger partial charge in [-0.05, 0) is 64.0 Å². The van der Waals surface area contributed by atoms with E-state index in [9.17, 15) is 0 Å². The first-order valence-electron chi connectivity index (χ1n) is 18.0. The van der Waals surface area contributed by atoms with E-state index >= 15 is 0 Å². The molecule has 5 nitrogen and oxygen atoms in total. The zero-order valence-electron chi connectivity index (χ0n) is 28.2. The Bertz CT molecular complexity index is 3700. The van der Waals surface area contributed by atoms with E-state index in [1.807, 2.05) is 18.2 Å². The molecular weight excluding hydrogens is 649 g/mol. The Labute approximate surface area is 300 Å². The van der Waals surface area contributed by atoms with E-state index in [0.29, 0.717) is 11.5 Å². The average Bonchev–Trinajstić information content (AvgIpc) is 3.96. The number of hydrogen-bond donors (Lipinski definition) is 0. The third-order valence-corrected chi connectivity index (χ3v) is 11.4. The Kier molecular flexibility index (Phi) is 5.06. The lowest BCUT2D eigenvalue weighted by Crippen LogP contribution is -2.03. The van der Waals surface area contributed by atoms with Crippen molar-refractivity contribution >= 4 is 104 Å². The summed E-state index contributed by atoms with van der Waals surface area (Å²) in [4.78, 5) is 10.9. The quantitative estimate of drug-likeness (QED) is 0.183. The molecule has 13 aromatic rings. The van der Waals surface area contributed by atoms with Crippen molar-refractivity contribution in [3.05, 3.63) is 158 Å². The zero-order chi connectivity index (χ0) is 34.4. The first-order chi connectivity index (χ1) is 26.3. The number of hydrogen-bond acceptors (Lipinski definition) is 3. The summed E-state index contributed by atoms with van der Waals surface area (Å²) in [6, 6.07) is 56.3. The van der Waals surface area contributed by atoms with Crippen LogP contribution >= 0.6 is 0 Å². The first-order valence-corrected chi connectivity index (χ1v) is 18.0. The summed E-state index contributed by atoms with van der Waals surface area (Å²) in [7, 11) is 0. The van der Waals surface area contributed by atoms with Gasteiger partial charge in [0.2, 0.25) is 5.95 Å². The van der Waals surface area contributed by atoms with Crippen molar-refractivity contribution in [3.8, 4) is 17.2 Å². The molecule has 0 N–H and O–H groups in total. The van der Waals surface area contributed by atoms with Crippen LogP contribution in [0.1, 0.15) is 0 Å². The molecule has 0 radical (unpaired) electrons. The molecule has 244 valence electrons. The van der Waals surface area contributed by atoms with Crippen LogP contribution in [0.25, 0.3) is 121 Å². The van der Waals surface area contributed by atoms with Crippen molar-refractivity contribution in [2.24, 2.45) is 0 Å². The van der Waals surface area contributed by atoms with Crippen molar-refractivity contribution in [1.29, 1.82) is 0 Å². The molecule has 0 atom stereocenters. The van der Waals surface area contributed by atoms with E-state index in [4.69, 9.17) is 14.4 Å². The molecule has 0 saturated heterocycles. The Morgan fingerprint density at radius 1 is 0.434 bits per heavy atom. The number of benzene rings is 8. The maximum atomic E-state index is 6.60. The van der Waals surface area contributed by atoms with Crippen LogP contribution in [0.2, 0.25) is 0 Å². The van der Waals surface area contributed by atoms with Crippen molar-refractivity contribution < 1.29 is 4.42 Å². The van der Waals surface area contributed by atoms with Gasteiger partial charge in [-0.15, -0.1) is 0 Å². The SMILES string of the molecule is c1ccc2cc(-c3nc(-n4c5ccccc5c5cc6c7ccccc7n7c8ccc9ccccc9c8c(c54)c67)nc4c3oc3ccccc34)ccc2c1. The van der Waals surface area contributed by atoms with Gasteiger partial charge in [-0.2, -0.15) is 0 Å². The van der Waals surface area contributed by atoms with E-state index in [1.165, 1.54) is 65.0 Å². The normalized spacial score (nSPS) is 12.5. The van der Waals surface area contributed by atoms with Crippen LogP contribution in [-0.2, 0) is 0 Å². The fraction of sp³-hybridized carbons (Fsp3) is 0. The maximum Gasteiger partial charge on any atom is 0.236 e. The lowest BCUT2D eigenvalue weighted by Gasteiger charge is -2.11. The molecule has 5 heterocycles. The predicted molar refractivity (Wildman–Crippen MR) is 219 cm³/mol. The average molecular weight is 675 g/mol. The number of para-hydroxylation sites is 3. The van der Waals surface area contributed by atoms with Crippen LogP contribution < -0.4 is 0 Å². The highest BCUT2D eigenvalue weighted by Gasteiger charge is 2.27. The highest BCUT2D eigenvalue weighted by molar-refractivity contribution is 6.37. The van der Waals surface area contributed by atoms with Crippen molar-refractivity contribution in [2.45, 2.75) is 0 Å². The minimum Gasteiger partial charge on any atom is -0.452 e. The Morgan fingerprint density at radius 2 is 1.09 bits per heavy atom. The highest BCUT2D eigenvalue weighted by atomic mass is 16.3. The number of rotatable bonds is 2. The molecule has 8 aromatic carbocycles. The molecular formula is C48H26N4O. The molecule has 0 unspecified atom stereocenters. The fourth-order valence-electron chi connectivity index (χ4n) is 9.19. The zero-order valence-corrected chi connectivity index (χ0v) is 28.2. The second-order valence-corrected chi connectivity index (χ2v) is 14.1. The molecule has 0 saturated carbocycles.